The molecule has 0 aliphatic carbocycles. The lowest BCUT2D eigenvalue weighted by Gasteiger charge is -2.15. The Balaban J connectivity index is 3.23. The van der Waals surface area contributed by atoms with Gasteiger partial charge >= 0.3 is 5.97 Å². The lowest BCUT2D eigenvalue weighted by atomic mass is 9.97. The average Bonchev–Trinajstić information content (AvgIpc) is 2.16. The molecule has 1 aliphatic rings. The Morgan fingerprint density at radius 1 is 1.14 bits per heavy atom. The summed E-state index contributed by atoms with van der Waals surface area (Å²) < 4.78 is 48.9. The summed E-state index contributed by atoms with van der Waals surface area (Å²) in [5.41, 5.74) is -1.47. The summed E-state index contributed by atoms with van der Waals surface area (Å²) in [6, 6.07) is 0. The number of carbonyl (C=O) groups excluding carboxylic acids is 1. The zero-order chi connectivity index (χ0) is 11.2. The molecule has 1 fully saturated rings. The Labute approximate surface area is 81.5 Å². The second-order valence-electron chi connectivity index (χ2n) is 3.46. The lowest BCUT2D eigenvalue weighted by molar-refractivity contribution is -0.149. The summed E-state index contributed by atoms with van der Waals surface area (Å²) in [5, 5.41) is 0. The molecule has 6 nitrogen and oxygen atoms in total. The molecule has 0 radical (unpaired) electrons. The number of esters is 1. The minimum Gasteiger partial charge on any atom is -0.469 e. The van der Waals surface area contributed by atoms with Crippen LogP contribution < -0.4 is 0 Å². The van der Waals surface area contributed by atoms with Crippen molar-refractivity contribution >= 4 is 23.7 Å². The molecule has 0 bridgehead atoms. The van der Waals surface area contributed by atoms with Crippen LogP contribution in [0.3, 0.4) is 0 Å². The Hall–Kier alpha value is -0.630. The van der Waals surface area contributed by atoms with Crippen LogP contribution in [-0.2, 0) is 27.3 Å². The van der Waals surface area contributed by atoms with Crippen molar-refractivity contribution in [1.82, 2.24) is 0 Å². The van der Waals surface area contributed by atoms with E-state index in [4.69, 9.17) is 0 Å². The van der Waals surface area contributed by atoms with E-state index in [0.717, 1.165) is 7.11 Å². The first-order valence-corrected chi connectivity index (χ1v) is 7.51. The van der Waals surface area contributed by atoms with Crippen molar-refractivity contribution in [3.8, 4) is 0 Å². The number of rotatable bonds is 1. The fraction of sp³-hybridized carbons (Fsp3) is 0.833. The van der Waals surface area contributed by atoms with E-state index in [2.05, 4.69) is 4.74 Å². The minimum absolute atomic E-state index is 0.699. The Morgan fingerprint density at radius 2 is 1.50 bits per heavy atom. The highest BCUT2D eigenvalue weighted by molar-refractivity contribution is 8.67. The van der Waals surface area contributed by atoms with Gasteiger partial charge in [-0.1, -0.05) is 0 Å². The molecule has 0 spiro atoms. The van der Waals surface area contributed by atoms with Gasteiger partial charge in [0.2, 0.25) is 0 Å². The van der Waals surface area contributed by atoms with Gasteiger partial charge in [0.25, 0.3) is 17.7 Å². The van der Waals surface area contributed by atoms with E-state index in [1.807, 2.05) is 0 Å². The van der Waals surface area contributed by atoms with Crippen LogP contribution in [0, 0.1) is 5.41 Å². The molecule has 1 saturated heterocycles. The topological polar surface area (TPSA) is 94.6 Å². The third kappa shape index (κ3) is 1.52. The normalized spacial score (nSPS) is 27.0. The van der Waals surface area contributed by atoms with Crippen LogP contribution in [0.1, 0.15) is 6.92 Å². The summed E-state index contributed by atoms with van der Waals surface area (Å²) in [6.45, 7) is 1.26. The number of carbonyl (C=O) groups is 1. The quantitative estimate of drug-likeness (QED) is 0.429. The summed E-state index contributed by atoms with van der Waals surface area (Å²) in [7, 11) is -7.34. The van der Waals surface area contributed by atoms with Crippen LogP contribution in [-0.4, -0.2) is 41.4 Å². The van der Waals surface area contributed by atoms with Gasteiger partial charge in [-0.3, -0.25) is 4.79 Å². The van der Waals surface area contributed by atoms with Crippen LogP contribution in [0.2, 0.25) is 0 Å². The molecule has 1 aliphatic heterocycles. The van der Waals surface area contributed by atoms with Crippen LogP contribution in [0.15, 0.2) is 0 Å². The van der Waals surface area contributed by atoms with Gasteiger partial charge in [-0.15, -0.1) is 0 Å². The minimum atomic E-state index is -4.22. The zero-order valence-electron chi connectivity index (χ0n) is 7.68. The predicted molar refractivity (Wildman–Crippen MR) is 47.7 cm³/mol. The maximum Gasteiger partial charge on any atom is 0.313 e. The Morgan fingerprint density at radius 3 is 1.79 bits per heavy atom. The number of methoxy groups -OCH3 is 1. The fourth-order valence-electron chi connectivity index (χ4n) is 1.37. The van der Waals surface area contributed by atoms with E-state index >= 15 is 0 Å². The largest absolute Gasteiger partial charge is 0.469 e. The molecule has 0 amide bonds. The number of ether oxygens (including phenoxy) is 1. The Bertz CT molecular complexity index is 423. The second-order valence-corrected chi connectivity index (χ2v) is 9.31. The van der Waals surface area contributed by atoms with Crippen molar-refractivity contribution < 1.29 is 26.4 Å². The van der Waals surface area contributed by atoms with E-state index in [-0.39, 0.29) is 0 Å². The van der Waals surface area contributed by atoms with Crippen LogP contribution in [0.5, 0.6) is 0 Å². The smallest absolute Gasteiger partial charge is 0.313 e. The molecular weight excluding hydrogens is 232 g/mol. The highest BCUT2D eigenvalue weighted by Gasteiger charge is 2.55. The molecule has 0 N–H and O–H groups in total. The van der Waals surface area contributed by atoms with E-state index in [9.17, 15) is 21.6 Å². The molecule has 1 heterocycles. The summed E-state index contributed by atoms with van der Waals surface area (Å²) >= 11 is 0. The first-order chi connectivity index (χ1) is 6.15. The molecule has 0 aromatic heterocycles. The molecule has 0 saturated carbocycles. The van der Waals surface area contributed by atoms with E-state index in [1.54, 1.807) is 0 Å². The maximum absolute atomic E-state index is 11.2. The first kappa shape index (κ1) is 11.4. The molecule has 0 aromatic carbocycles. The first-order valence-electron chi connectivity index (χ1n) is 3.68. The molecule has 82 valence electrons. The van der Waals surface area contributed by atoms with Gasteiger partial charge in [0.15, 0.2) is 0 Å². The molecule has 14 heavy (non-hydrogen) atoms. The Kier molecular flexibility index (Phi) is 2.39. The van der Waals surface area contributed by atoms with Crippen molar-refractivity contribution in [3.05, 3.63) is 0 Å². The third-order valence-corrected chi connectivity index (χ3v) is 7.84. The highest BCUT2D eigenvalue weighted by atomic mass is 33.2. The predicted octanol–water partition coefficient (Wildman–Crippen LogP) is -1.08. The zero-order valence-corrected chi connectivity index (χ0v) is 9.31. The fourth-order valence-corrected chi connectivity index (χ4v) is 6.49. The summed E-state index contributed by atoms with van der Waals surface area (Å²) in [4.78, 5) is 11.2. The van der Waals surface area contributed by atoms with Gasteiger partial charge in [0, 0.05) is 0 Å². The number of hydrogen-bond donors (Lipinski definition) is 0. The van der Waals surface area contributed by atoms with Crippen molar-refractivity contribution in [3.63, 3.8) is 0 Å². The van der Waals surface area contributed by atoms with Crippen LogP contribution >= 0.6 is 0 Å². The molecule has 0 atom stereocenters. The van der Waals surface area contributed by atoms with E-state index in [1.165, 1.54) is 6.92 Å². The van der Waals surface area contributed by atoms with Gasteiger partial charge in [0.05, 0.1) is 24.0 Å². The van der Waals surface area contributed by atoms with Gasteiger partial charge in [0.1, 0.15) is 0 Å². The summed E-state index contributed by atoms with van der Waals surface area (Å²) in [5.74, 6) is -2.22. The van der Waals surface area contributed by atoms with Crippen molar-refractivity contribution in [2.75, 3.05) is 18.6 Å². The standard InChI is InChI=1S/C6H10O6S2/c1-6(5(7)12-2)3-13(8,9)14(10,11)4-6/h3-4H2,1-2H3. The van der Waals surface area contributed by atoms with Gasteiger partial charge in [-0.25, -0.2) is 16.8 Å². The van der Waals surface area contributed by atoms with E-state index < -0.39 is 40.6 Å². The molecule has 8 heteroatoms. The van der Waals surface area contributed by atoms with Gasteiger partial charge in [-0.05, 0) is 6.92 Å². The van der Waals surface area contributed by atoms with Crippen molar-refractivity contribution in [2.24, 2.45) is 5.41 Å². The van der Waals surface area contributed by atoms with E-state index in [0.29, 0.717) is 0 Å². The summed E-state index contributed by atoms with van der Waals surface area (Å²) in [6.07, 6.45) is 0. The van der Waals surface area contributed by atoms with Crippen LogP contribution in [0.4, 0.5) is 0 Å². The third-order valence-electron chi connectivity index (χ3n) is 2.06. The number of hydrogen-bond acceptors (Lipinski definition) is 6. The van der Waals surface area contributed by atoms with Gasteiger partial charge in [-0.2, -0.15) is 0 Å². The second kappa shape index (κ2) is 2.93. The molecule has 1 rings (SSSR count). The maximum atomic E-state index is 11.2. The molecule has 0 unspecified atom stereocenters. The average molecular weight is 242 g/mol. The lowest BCUT2D eigenvalue weighted by Crippen LogP contribution is -2.33. The monoisotopic (exact) mass is 242 g/mol. The van der Waals surface area contributed by atoms with Crippen molar-refractivity contribution in [2.45, 2.75) is 6.92 Å². The molecule has 0 aromatic rings. The van der Waals surface area contributed by atoms with Crippen LogP contribution in [0.25, 0.3) is 0 Å². The highest BCUT2D eigenvalue weighted by Crippen LogP contribution is 2.34. The van der Waals surface area contributed by atoms with Crippen molar-refractivity contribution in [1.29, 1.82) is 0 Å². The SMILES string of the molecule is COC(=O)C1(C)CS(=O)(=O)S(=O)(=O)C1. The molecular formula is C6H10O6S2. The van der Waals surface area contributed by atoms with Gasteiger partial charge < -0.3 is 4.74 Å².